The lowest BCUT2D eigenvalue weighted by molar-refractivity contribution is 0.567. The minimum Gasteiger partial charge on any atom is -0.380 e. The summed E-state index contributed by atoms with van der Waals surface area (Å²) >= 11 is 0. The van der Waals surface area contributed by atoms with Crippen molar-refractivity contribution in [1.82, 2.24) is 0 Å². The normalized spacial score (nSPS) is 11.2. The van der Waals surface area contributed by atoms with Gasteiger partial charge in [0, 0.05) is 19.6 Å². The molecule has 18 heavy (non-hydrogen) atoms. The van der Waals surface area contributed by atoms with Gasteiger partial charge < -0.3 is 10.2 Å². The molecule has 0 heterocycles. The molecule has 0 saturated heterocycles. The molecule has 1 aromatic rings. The number of nitrogens with one attached hydrogen (secondary N) is 1. The van der Waals surface area contributed by atoms with E-state index in [9.17, 15) is 9.59 Å². The summed E-state index contributed by atoms with van der Waals surface area (Å²) in [6.45, 7) is 10.6. The van der Waals surface area contributed by atoms with Crippen molar-refractivity contribution in [3.05, 3.63) is 20.4 Å². The van der Waals surface area contributed by atoms with Crippen LogP contribution < -0.4 is 21.1 Å². The minimum atomic E-state index is -0.360. The van der Waals surface area contributed by atoms with Gasteiger partial charge in [0.15, 0.2) is 0 Å². The maximum absolute atomic E-state index is 11.6. The Labute approximate surface area is 109 Å². The molecule has 0 aromatic heterocycles. The molecule has 0 aliphatic heterocycles. The fraction of sp³-hybridized carbons (Fsp3) is 0.714. The van der Waals surface area contributed by atoms with Crippen LogP contribution in [0.1, 0.15) is 40.5 Å². The van der Waals surface area contributed by atoms with E-state index in [1.165, 1.54) is 0 Å². The fourth-order valence-electron chi connectivity index (χ4n) is 2.11. The summed E-state index contributed by atoms with van der Waals surface area (Å²) in [5, 5.41) is 3.12. The average Bonchev–Trinajstić information content (AvgIpc) is 2.36. The van der Waals surface area contributed by atoms with Gasteiger partial charge in [-0.3, -0.25) is 9.59 Å². The first kappa shape index (κ1) is 14.7. The van der Waals surface area contributed by atoms with Crippen LogP contribution in [-0.2, 0) is 0 Å². The van der Waals surface area contributed by atoms with Crippen molar-refractivity contribution in [2.24, 2.45) is 5.92 Å². The molecular weight excluding hydrogens is 228 g/mol. The Morgan fingerprint density at radius 1 is 1.11 bits per heavy atom. The van der Waals surface area contributed by atoms with Crippen molar-refractivity contribution in [1.29, 1.82) is 0 Å². The van der Waals surface area contributed by atoms with Crippen LogP contribution in [0.2, 0.25) is 0 Å². The smallest absolute Gasteiger partial charge is 0.253 e. The van der Waals surface area contributed by atoms with Crippen LogP contribution in [0.4, 0.5) is 11.4 Å². The molecule has 0 saturated carbocycles. The highest BCUT2D eigenvalue weighted by molar-refractivity contribution is 5.75. The molecule has 0 spiro atoms. The first-order valence-corrected chi connectivity index (χ1v) is 6.85. The molecule has 4 heteroatoms. The summed E-state index contributed by atoms with van der Waals surface area (Å²) in [6, 6.07) is 0. The van der Waals surface area contributed by atoms with Gasteiger partial charge in [0.05, 0.1) is 0 Å². The van der Waals surface area contributed by atoms with Crippen LogP contribution in [0.15, 0.2) is 9.59 Å². The van der Waals surface area contributed by atoms with Gasteiger partial charge in [-0.05, 0) is 32.6 Å². The largest absolute Gasteiger partial charge is 0.380 e. The molecule has 0 bridgehead atoms. The van der Waals surface area contributed by atoms with E-state index >= 15 is 0 Å². The molecule has 1 rings (SSSR count). The van der Waals surface area contributed by atoms with E-state index in [1.54, 1.807) is 0 Å². The molecule has 0 aliphatic rings. The molecule has 0 aliphatic carbocycles. The molecule has 4 nitrogen and oxygen atoms in total. The lowest BCUT2D eigenvalue weighted by atomic mass is 10.1. The minimum absolute atomic E-state index is 0.343. The number of hydrogen-bond acceptors (Lipinski definition) is 4. The topological polar surface area (TPSA) is 49.4 Å². The van der Waals surface area contributed by atoms with Gasteiger partial charge in [-0.1, -0.05) is 13.8 Å². The number of nitrogens with zero attached hydrogens (tertiary/aromatic N) is 1. The average molecular weight is 252 g/mol. The number of anilines is 2. The number of hydrogen-bond donors (Lipinski definition) is 1. The van der Waals surface area contributed by atoms with Gasteiger partial charge in [0.25, 0.3) is 10.9 Å². The molecule has 0 radical (unpaired) electrons. The Bertz CT molecular complexity index is 441. The first-order valence-electron chi connectivity index (χ1n) is 6.85. The molecule has 0 fully saturated rings. The Hall–Kier alpha value is -1.32. The van der Waals surface area contributed by atoms with Crippen LogP contribution >= 0.6 is 0 Å². The van der Waals surface area contributed by atoms with Crippen molar-refractivity contribution in [3.63, 3.8) is 0 Å². The summed E-state index contributed by atoms with van der Waals surface area (Å²) in [5.74, 6) is 0.668. The zero-order valence-electron chi connectivity index (χ0n) is 11.9. The van der Waals surface area contributed by atoms with Crippen LogP contribution in [0, 0.1) is 5.92 Å². The van der Waals surface area contributed by atoms with Crippen molar-refractivity contribution in [2.75, 3.05) is 29.9 Å². The molecule has 102 valence electrons. The third kappa shape index (κ3) is 3.12. The van der Waals surface area contributed by atoms with E-state index in [2.05, 4.69) is 19.2 Å². The van der Waals surface area contributed by atoms with Gasteiger partial charge in [0.1, 0.15) is 11.4 Å². The highest BCUT2D eigenvalue weighted by atomic mass is 16.2. The second kappa shape index (κ2) is 6.57. The highest BCUT2D eigenvalue weighted by Gasteiger charge is 2.23. The van der Waals surface area contributed by atoms with Crippen molar-refractivity contribution >= 4 is 11.4 Å². The van der Waals surface area contributed by atoms with Gasteiger partial charge in [-0.25, -0.2) is 0 Å². The van der Waals surface area contributed by atoms with Crippen LogP contribution in [0.25, 0.3) is 0 Å². The maximum atomic E-state index is 11.6. The van der Waals surface area contributed by atoms with Gasteiger partial charge in [0.2, 0.25) is 0 Å². The van der Waals surface area contributed by atoms with Crippen molar-refractivity contribution in [2.45, 2.75) is 40.5 Å². The van der Waals surface area contributed by atoms with E-state index in [-0.39, 0.29) is 10.9 Å². The summed E-state index contributed by atoms with van der Waals surface area (Å²) < 4.78 is 0. The van der Waals surface area contributed by atoms with E-state index in [0.717, 1.165) is 32.5 Å². The quantitative estimate of drug-likeness (QED) is 0.568. The standard InChI is InChI=1S/C14H24N2O2/c1-5-16(6-2)12-11(13(17)14(12)18)15-9-7-8-10(3)4/h10,15H,5-9H2,1-4H3. The summed E-state index contributed by atoms with van der Waals surface area (Å²) in [7, 11) is 0. The zero-order valence-corrected chi connectivity index (χ0v) is 11.9. The number of rotatable bonds is 8. The van der Waals surface area contributed by atoms with E-state index in [4.69, 9.17) is 0 Å². The Kier molecular flexibility index (Phi) is 5.38. The molecule has 0 unspecified atom stereocenters. The predicted octanol–water partition coefficient (Wildman–Crippen LogP) is 1.98. The van der Waals surface area contributed by atoms with Gasteiger partial charge in [-0.2, -0.15) is 0 Å². The van der Waals surface area contributed by atoms with Gasteiger partial charge >= 0.3 is 0 Å². The summed E-state index contributed by atoms with van der Waals surface area (Å²) in [5.41, 5.74) is 0.397. The third-order valence-electron chi connectivity index (χ3n) is 3.22. The highest BCUT2D eigenvalue weighted by Crippen LogP contribution is 2.19. The van der Waals surface area contributed by atoms with Crippen LogP contribution in [0.3, 0.4) is 0 Å². The van der Waals surface area contributed by atoms with E-state index in [0.29, 0.717) is 17.3 Å². The van der Waals surface area contributed by atoms with Crippen molar-refractivity contribution in [3.8, 4) is 0 Å². The Balaban J connectivity index is 2.64. The van der Waals surface area contributed by atoms with E-state index in [1.807, 2.05) is 18.7 Å². The molecular formula is C14H24N2O2. The lowest BCUT2D eigenvalue weighted by Gasteiger charge is -2.25. The SMILES string of the molecule is CCN(CC)c1c(NCCCC(C)C)c(=O)c1=O. The van der Waals surface area contributed by atoms with Crippen LogP contribution in [-0.4, -0.2) is 19.6 Å². The monoisotopic (exact) mass is 252 g/mol. The molecule has 1 N–H and O–H groups in total. The first-order chi connectivity index (χ1) is 8.52. The van der Waals surface area contributed by atoms with Crippen LogP contribution in [0.5, 0.6) is 0 Å². The molecule has 0 amide bonds. The molecule has 1 aromatic carbocycles. The Morgan fingerprint density at radius 2 is 1.72 bits per heavy atom. The molecule has 0 atom stereocenters. The maximum Gasteiger partial charge on any atom is 0.253 e. The second-order valence-electron chi connectivity index (χ2n) is 5.02. The predicted molar refractivity (Wildman–Crippen MR) is 77.5 cm³/mol. The van der Waals surface area contributed by atoms with Gasteiger partial charge in [-0.15, -0.1) is 0 Å². The Morgan fingerprint density at radius 3 is 2.22 bits per heavy atom. The lowest BCUT2D eigenvalue weighted by Crippen LogP contribution is -2.42. The summed E-state index contributed by atoms with van der Waals surface area (Å²) in [4.78, 5) is 25.1. The third-order valence-corrected chi connectivity index (χ3v) is 3.22. The second-order valence-corrected chi connectivity index (χ2v) is 5.02. The summed E-state index contributed by atoms with van der Waals surface area (Å²) in [6.07, 6.45) is 2.15. The van der Waals surface area contributed by atoms with E-state index < -0.39 is 0 Å². The van der Waals surface area contributed by atoms with Crippen molar-refractivity contribution < 1.29 is 0 Å². The zero-order chi connectivity index (χ0) is 13.7. The fourth-order valence-corrected chi connectivity index (χ4v) is 2.11.